The van der Waals surface area contributed by atoms with Crippen molar-refractivity contribution in [3.8, 4) is 5.75 Å². The van der Waals surface area contributed by atoms with E-state index in [1.165, 1.54) is 0 Å². The lowest BCUT2D eigenvalue weighted by Gasteiger charge is -2.34. The van der Waals surface area contributed by atoms with Crippen molar-refractivity contribution in [1.29, 1.82) is 0 Å². The monoisotopic (exact) mass is 500 g/mol. The highest BCUT2D eigenvalue weighted by molar-refractivity contribution is 6.16. The molecule has 37 heavy (non-hydrogen) atoms. The molecule has 10 heteroatoms. The number of ether oxygens (including phenoxy) is 2. The molecule has 6 heterocycles. The van der Waals surface area contributed by atoms with Crippen LogP contribution >= 0.6 is 0 Å². The molecule has 3 N–H and O–H groups in total. The predicted octanol–water partition coefficient (Wildman–Crippen LogP) is 2.65. The largest absolute Gasteiger partial charge is 0.452 e. The van der Waals surface area contributed by atoms with Gasteiger partial charge in [0.15, 0.2) is 5.76 Å². The second-order valence-electron chi connectivity index (χ2n) is 10.2. The number of ketones is 1. The molecule has 1 aromatic carbocycles. The average molecular weight is 501 g/mol. The van der Waals surface area contributed by atoms with Gasteiger partial charge in [0, 0.05) is 62.3 Å². The zero-order valence-electron chi connectivity index (χ0n) is 20.5. The van der Waals surface area contributed by atoms with Crippen molar-refractivity contribution >= 4 is 40.3 Å². The highest BCUT2D eigenvalue weighted by atomic mass is 16.5. The third-order valence-corrected chi connectivity index (χ3v) is 7.58. The number of hydrogen-bond acceptors (Lipinski definition) is 7. The number of amides is 2. The van der Waals surface area contributed by atoms with E-state index in [1.54, 1.807) is 24.3 Å². The van der Waals surface area contributed by atoms with Gasteiger partial charge in [-0.1, -0.05) is 0 Å². The molecule has 4 aliphatic heterocycles. The van der Waals surface area contributed by atoms with Crippen LogP contribution < -0.4 is 25.6 Å². The second-order valence-corrected chi connectivity index (χ2v) is 10.2. The van der Waals surface area contributed by atoms with Crippen molar-refractivity contribution in [2.45, 2.75) is 31.1 Å². The Balaban J connectivity index is 1.18. The van der Waals surface area contributed by atoms with Gasteiger partial charge in [-0.2, -0.15) is 0 Å². The molecule has 2 amide bonds. The van der Waals surface area contributed by atoms with Gasteiger partial charge in [-0.05, 0) is 43.2 Å². The normalized spacial score (nSPS) is 23.8. The number of fused-ring (bicyclic) bond motifs is 4. The maximum Gasteiger partial charge on any atom is 0.319 e. The number of morpholine rings is 1. The topological polar surface area (TPSA) is 110 Å². The summed E-state index contributed by atoms with van der Waals surface area (Å²) in [5.41, 5.74) is 3.80. The molecule has 0 spiro atoms. The van der Waals surface area contributed by atoms with Gasteiger partial charge in [-0.3, -0.25) is 4.79 Å². The van der Waals surface area contributed by atoms with Crippen molar-refractivity contribution in [3.05, 3.63) is 53.5 Å². The first kappa shape index (κ1) is 22.3. The lowest BCUT2D eigenvalue weighted by molar-refractivity contribution is 0.0306. The predicted molar refractivity (Wildman–Crippen MR) is 139 cm³/mol. The van der Waals surface area contributed by atoms with Crippen molar-refractivity contribution in [1.82, 2.24) is 20.2 Å². The molecule has 2 bridgehead atoms. The number of nitrogens with zero attached hydrogens (tertiary/aromatic N) is 3. The van der Waals surface area contributed by atoms with Gasteiger partial charge in [0.05, 0.1) is 29.5 Å². The summed E-state index contributed by atoms with van der Waals surface area (Å²) in [6.45, 7) is 3.22. The Hall–Kier alpha value is -3.89. The van der Waals surface area contributed by atoms with E-state index in [0.29, 0.717) is 17.0 Å². The molecule has 3 saturated heterocycles. The van der Waals surface area contributed by atoms with Crippen molar-refractivity contribution < 1.29 is 19.1 Å². The van der Waals surface area contributed by atoms with Crippen LogP contribution in [0, 0.1) is 0 Å². The van der Waals surface area contributed by atoms with Gasteiger partial charge in [0.2, 0.25) is 5.78 Å². The summed E-state index contributed by atoms with van der Waals surface area (Å²) < 4.78 is 14.0. The first-order chi connectivity index (χ1) is 18.0. The number of aryl methyl sites for hydroxylation is 1. The molecule has 2 atom stereocenters. The number of allylic oxidation sites excluding steroid dienone is 1. The van der Waals surface area contributed by atoms with Gasteiger partial charge in [-0.25, -0.2) is 9.78 Å². The van der Waals surface area contributed by atoms with Crippen LogP contribution in [-0.2, 0) is 11.8 Å². The van der Waals surface area contributed by atoms with E-state index >= 15 is 0 Å². The molecule has 0 saturated carbocycles. The first-order valence-electron chi connectivity index (χ1n) is 12.7. The van der Waals surface area contributed by atoms with Crippen LogP contribution in [-0.4, -0.2) is 65.8 Å². The number of Topliss-reactive ketones (excluding diaryl/α,β-unsaturated/α-hetero) is 1. The quantitative estimate of drug-likeness (QED) is 0.473. The van der Waals surface area contributed by atoms with Crippen LogP contribution in [0.1, 0.15) is 28.8 Å². The molecule has 190 valence electrons. The van der Waals surface area contributed by atoms with Crippen LogP contribution in [0.2, 0.25) is 0 Å². The molecule has 0 radical (unpaired) electrons. The number of nitrogens with one attached hydrogen (secondary N) is 3. The zero-order valence-corrected chi connectivity index (χ0v) is 20.5. The molecule has 0 aliphatic carbocycles. The van der Waals surface area contributed by atoms with Gasteiger partial charge >= 0.3 is 6.03 Å². The van der Waals surface area contributed by atoms with Gasteiger partial charge < -0.3 is 34.9 Å². The number of carbonyl (C=O) groups is 2. The number of carbonyl (C=O) groups excluding carboxylic acids is 2. The van der Waals surface area contributed by atoms with E-state index in [9.17, 15) is 9.59 Å². The minimum atomic E-state index is -0.291. The molecule has 2 aromatic heterocycles. The summed E-state index contributed by atoms with van der Waals surface area (Å²) in [6, 6.07) is 7.00. The molecular weight excluding hydrogens is 472 g/mol. The van der Waals surface area contributed by atoms with E-state index in [4.69, 9.17) is 9.47 Å². The maximum atomic E-state index is 13.3. The van der Waals surface area contributed by atoms with Crippen molar-refractivity contribution in [2.75, 3.05) is 36.4 Å². The van der Waals surface area contributed by atoms with Crippen LogP contribution in [0.5, 0.6) is 5.75 Å². The van der Waals surface area contributed by atoms with E-state index in [-0.39, 0.29) is 35.8 Å². The summed E-state index contributed by atoms with van der Waals surface area (Å²) in [7, 11) is 1.96. The fraction of sp³-hybridized carbons (Fsp3) is 0.370. The smallest absolute Gasteiger partial charge is 0.319 e. The van der Waals surface area contributed by atoms with Crippen LogP contribution in [0.4, 0.5) is 16.2 Å². The van der Waals surface area contributed by atoms with E-state index in [1.807, 2.05) is 30.1 Å². The van der Waals surface area contributed by atoms with E-state index in [2.05, 4.69) is 25.8 Å². The van der Waals surface area contributed by atoms with Crippen LogP contribution in [0.3, 0.4) is 0 Å². The van der Waals surface area contributed by atoms with Gasteiger partial charge in [0.1, 0.15) is 11.4 Å². The fourth-order valence-corrected chi connectivity index (χ4v) is 5.66. The fourth-order valence-electron chi connectivity index (χ4n) is 5.66. The summed E-state index contributed by atoms with van der Waals surface area (Å²) in [5, 5.41) is 9.80. The molecule has 7 rings (SSSR count). The standard InChI is InChI=1S/C27H28N6O4/c1-32-12-15(24-21(6-7-29-26(24)32)33-13-18-3-4-19(14-33)36-18)8-23-25(34)20-9-16(2-5-22(20)37-23)30-27(35)31-17-10-28-11-17/h2,5-9,12,17-19,28H,3-4,10-11,13-14H2,1H3,(H2,30,31,35). The molecule has 3 aromatic rings. The van der Waals surface area contributed by atoms with E-state index < -0.39 is 0 Å². The highest BCUT2D eigenvalue weighted by Gasteiger charge is 2.35. The minimum absolute atomic E-state index is 0.127. The summed E-state index contributed by atoms with van der Waals surface area (Å²) in [6.07, 6.45) is 8.33. The number of hydrogen-bond donors (Lipinski definition) is 3. The maximum absolute atomic E-state index is 13.3. The van der Waals surface area contributed by atoms with Crippen molar-refractivity contribution in [2.24, 2.45) is 7.05 Å². The first-order valence-corrected chi connectivity index (χ1v) is 12.7. The lowest BCUT2D eigenvalue weighted by atomic mass is 10.1. The highest BCUT2D eigenvalue weighted by Crippen LogP contribution is 2.38. The van der Waals surface area contributed by atoms with Crippen LogP contribution in [0.25, 0.3) is 17.1 Å². The molecule has 10 nitrogen and oxygen atoms in total. The number of anilines is 2. The Morgan fingerprint density at radius 3 is 2.76 bits per heavy atom. The lowest BCUT2D eigenvalue weighted by Crippen LogP contribution is -2.57. The minimum Gasteiger partial charge on any atom is -0.452 e. The number of urea groups is 1. The average Bonchev–Trinajstić information content (AvgIpc) is 3.49. The number of pyridine rings is 1. The summed E-state index contributed by atoms with van der Waals surface area (Å²) >= 11 is 0. The zero-order chi connectivity index (χ0) is 25.1. The Morgan fingerprint density at radius 2 is 2.00 bits per heavy atom. The number of aromatic nitrogens is 2. The van der Waals surface area contributed by atoms with Crippen molar-refractivity contribution in [3.63, 3.8) is 0 Å². The SMILES string of the molecule is Cn1cc(C=C2Oc3ccc(NC(=O)NC4CNC4)cc3C2=O)c2c(N3CC4CCC(C3)O4)ccnc21. The molecule has 3 fully saturated rings. The van der Waals surface area contributed by atoms with Gasteiger partial charge in [0.25, 0.3) is 0 Å². The summed E-state index contributed by atoms with van der Waals surface area (Å²) in [5.74, 6) is 0.518. The second kappa shape index (κ2) is 8.60. The van der Waals surface area contributed by atoms with E-state index in [0.717, 1.165) is 61.3 Å². The third-order valence-electron chi connectivity index (χ3n) is 7.58. The number of rotatable bonds is 4. The third kappa shape index (κ3) is 3.93. The van der Waals surface area contributed by atoms with Gasteiger partial charge in [-0.15, -0.1) is 0 Å². The molecule has 2 unspecified atom stereocenters. The Kier molecular flexibility index (Phi) is 5.19. The Labute approximate surface area is 213 Å². The van der Waals surface area contributed by atoms with Crippen LogP contribution in [0.15, 0.2) is 42.4 Å². The molecular formula is C27H28N6O4. The molecule has 4 aliphatic rings. The summed E-state index contributed by atoms with van der Waals surface area (Å²) in [4.78, 5) is 32.6. The Bertz CT molecular complexity index is 1450. The Morgan fingerprint density at radius 1 is 1.19 bits per heavy atom. The number of benzene rings is 1.